The van der Waals surface area contributed by atoms with Crippen molar-refractivity contribution in [3.8, 4) is 11.5 Å². The summed E-state index contributed by atoms with van der Waals surface area (Å²) in [6, 6.07) is 24.6. The molecule has 2 aliphatic rings. The van der Waals surface area contributed by atoms with Gasteiger partial charge >= 0.3 is 5.69 Å². The van der Waals surface area contributed by atoms with Crippen LogP contribution >= 0.6 is 0 Å². The average molecular weight is 572 g/mol. The minimum Gasteiger partial charge on any atom is -0.497 e. The van der Waals surface area contributed by atoms with Crippen LogP contribution in [0.2, 0.25) is 0 Å². The van der Waals surface area contributed by atoms with E-state index in [1.165, 1.54) is 10.8 Å². The van der Waals surface area contributed by atoms with Gasteiger partial charge in [0.15, 0.2) is 6.23 Å². The van der Waals surface area contributed by atoms with Crippen molar-refractivity contribution in [1.82, 2.24) is 14.9 Å². The molecule has 4 atom stereocenters. The number of aromatic nitrogens is 2. The Bertz CT molecular complexity index is 1620. The molecule has 2 aliphatic heterocycles. The Morgan fingerprint density at radius 2 is 1.50 bits per heavy atom. The van der Waals surface area contributed by atoms with E-state index in [1.54, 1.807) is 21.1 Å². The van der Waals surface area contributed by atoms with Gasteiger partial charge in [0, 0.05) is 18.3 Å². The van der Waals surface area contributed by atoms with Crippen LogP contribution in [0.3, 0.4) is 0 Å². The highest BCUT2D eigenvalue weighted by atomic mass is 16.6. The summed E-state index contributed by atoms with van der Waals surface area (Å²) in [6.07, 6.45) is -0.367. The monoisotopic (exact) mass is 571 g/mol. The molecule has 0 radical (unpaired) electrons. The lowest BCUT2D eigenvalue weighted by molar-refractivity contribution is -0.162. The molecule has 4 aromatic rings. The Hall–Kier alpha value is -4.22. The van der Waals surface area contributed by atoms with Gasteiger partial charge in [-0.15, -0.1) is 0 Å². The molecule has 6 rings (SSSR count). The summed E-state index contributed by atoms with van der Waals surface area (Å²) in [7, 11) is 3.24. The van der Waals surface area contributed by atoms with Crippen LogP contribution in [0, 0.1) is 6.92 Å². The fraction of sp³-hybridized carbons (Fsp3) is 0.312. The highest BCUT2D eigenvalue weighted by molar-refractivity contribution is 5.49. The first-order chi connectivity index (χ1) is 20.3. The lowest BCUT2D eigenvalue weighted by atomic mass is 9.79. The molecule has 10 nitrogen and oxygen atoms in total. The summed E-state index contributed by atoms with van der Waals surface area (Å²) < 4.78 is 25.6. The summed E-state index contributed by atoms with van der Waals surface area (Å²) >= 11 is 0. The van der Waals surface area contributed by atoms with Crippen LogP contribution in [0.4, 0.5) is 0 Å². The predicted molar refractivity (Wildman–Crippen MR) is 155 cm³/mol. The van der Waals surface area contributed by atoms with Crippen LogP contribution in [0.5, 0.6) is 11.5 Å². The molecule has 3 aromatic carbocycles. The van der Waals surface area contributed by atoms with E-state index in [9.17, 15) is 14.7 Å². The number of aliphatic hydroxyl groups is 1. The maximum absolute atomic E-state index is 12.7. The Balaban J connectivity index is 1.44. The molecule has 3 N–H and O–H groups in total. The summed E-state index contributed by atoms with van der Waals surface area (Å²) in [5.74, 6) is 1.41. The maximum Gasteiger partial charge on any atom is 0.330 e. The summed E-state index contributed by atoms with van der Waals surface area (Å²) in [5, 5.41) is 14.8. The first kappa shape index (κ1) is 27.9. The highest BCUT2D eigenvalue weighted by Gasteiger charge is 2.61. The molecule has 0 amide bonds. The average Bonchev–Trinajstić information content (AvgIpc) is 3.49. The third-order valence-electron chi connectivity index (χ3n) is 8.31. The molecule has 10 heteroatoms. The second kappa shape index (κ2) is 10.9. The van der Waals surface area contributed by atoms with Crippen molar-refractivity contribution in [3.05, 3.63) is 128 Å². The minimum absolute atomic E-state index is 0.0157. The van der Waals surface area contributed by atoms with Crippen LogP contribution in [-0.2, 0) is 15.1 Å². The van der Waals surface area contributed by atoms with Gasteiger partial charge in [0.2, 0.25) is 0 Å². The molecule has 3 heterocycles. The van der Waals surface area contributed by atoms with Crippen LogP contribution in [-0.4, -0.2) is 59.8 Å². The first-order valence-corrected chi connectivity index (χ1v) is 13.7. The number of H-pyrrole nitrogens is 1. The molecule has 218 valence electrons. The van der Waals surface area contributed by atoms with E-state index < -0.39 is 40.8 Å². The topological polar surface area (TPSA) is 124 Å². The number of nitrogens with zero attached hydrogens (tertiary/aromatic N) is 1. The zero-order valence-corrected chi connectivity index (χ0v) is 23.6. The van der Waals surface area contributed by atoms with Crippen molar-refractivity contribution in [3.63, 3.8) is 0 Å². The van der Waals surface area contributed by atoms with E-state index in [0.29, 0.717) is 23.6 Å². The summed E-state index contributed by atoms with van der Waals surface area (Å²) in [4.78, 5) is 27.0. The SMILES string of the molecule is COc1ccc(C(OC[C@]23CN[C@H]([C@H](n4cc(C)c(=O)[nH]c4=O)O2)[C@H]3O)(c2ccccc2)c2ccc(OC)cc2)cc1. The van der Waals surface area contributed by atoms with Crippen molar-refractivity contribution < 1.29 is 24.1 Å². The molecule has 0 saturated carbocycles. The van der Waals surface area contributed by atoms with E-state index in [2.05, 4.69) is 10.3 Å². The number of nitrogens with one attached hydrogen (secondary N) is 2. The van der Waals surface area contributed by atoms with E-state index in [4.69, 9.17) is 18.9 Å². The van der Waals surface area contributed by atoms with E-state index in [-0.39, 0.29) is 6.61 Å². The quantitative estimate of drug-likeness (QED) is 0.262. The van der Waals surface area contributed by atoms with Crippen LogP contribution < -0.4 is 26.0 Å². The molecule has 0 spiro atoms. The number of ether oxygens (including phenoxy) is 4. The van der Waals surface area contributed by atoms with Gasteiger partial charge in [-0.05, 0) is 47.9 Å². The molecule has 1 aromatic heterocycles. The van der Waals surface area contributed by atoms with E-state index in [0.717, 1.165) is 16.7 Å². The van der Waals surface area contributed by atoms with Crippen molar-refractivity contribution in [2.75, 3.05) is 27.4 Å². The fourth-order valence-electron chi connectivity index (χ4n) is 6.00. The maximum atomic E-state index is 12.7. The van der Waals surface area contributed by atoms with Gasteiger partial charge in [-0.25, -0.2) is 4.79 Å². The number of hydrogen-bond acceptors (Lipinski definition) is 8. The number of morpholine rings is 1. The molecular formula is C32H33N3O7. The van der Waals surface area contributed by atoms with Crippen molar-refractivity contribution in [1.29, 1.82) is 0 Å². The number of hydrogen-bond donors (Lipinski definition) is 3. The van der Waals surface area contributed by atoms with Crippen LogP contribution in [0.15, 0.2) is 94.6 Å². The Morgan fingerprint density at radius 3 is 2.07 bits per heavy atom. The van der Waals surface area contributed by atoms with Crippen molar-refractivity contribution in [2.45, 2.75) is 36.5 Å². The Morgan fingerprint density at radius 1 is 0.929 bits per heavy atom. The Kier molecular flexibility index (Phi) is 7.24. The number of fused-ring (bicyclic) bond motifs is 2. The minimum atomic E-state index is -1.17. The third-order valence-corrected chi connectivity index (χ3v) is 8.31. The second-order valence-electron chi connectivity index (χ2n) is 10.7. The Labute approximate surface area is 242 Å². The smallest absolute Gasteiger partial charge is 0.330 e. The van der Waals surface area contributed by atoms with Gasteiger partial charge < -0.3 is 29.4 Å². The number of methoxy groups -OCH3 is 2. The lowest BCUT2D eigenvalue weighted by Gasteiger charge is -2.40. The predicted octanol–water partition coefficient (Wildman–Crippen LogP) is 2.47. The van der Waals surface area contributed by atoms with E-state index >= 15 is 0 Å². The van der Waals surface area contributed by atoms with Crippen molar-refractivity contribution >= 4 is 0 Å². The molecule has 0 unspecified atom stereocenters. The van der Waals surface area contributed by atoms with Gasteiger partial charge in [0.25, 0.3) is 5.56 Å². The molecular weight excluding hydrogens is 538 g/mol. The number of benzene rings is 3. The van der Waals surface area contributed by atoms with Gasteiger partial charge in [0.1, 0.15) is 28.8 Å². The molecule has 2 bridgehead atoms. The van der Waals surface area contributed by atoms with Crippen LogP contribution in [0.25, 0.3) is 0 Å². The summed E-state index contributed by atoms with van der Waals surface area (Å²) in [6.45, 7) is 1.91. The number of aliphatic hydroxyl groups excluding tert-OH is 1. The van der Waals surface area contributed by atoms with Crippen LogP contribution in [0.1, 0.15) is 28.5 Å². The fourth-order valence-corrected chi connectivity index (χ4v) is 6.00. The van der Waals surface area contributed by atoms with Gasteiger partial charge in [-0.2, -0.15) is 0 Å². The van der Waals surface area contributed by atoms with E-state index in [1.807, 2.05) is 78.9 Å². The second-order valence-corrected chi connectivity index (χ2v) is 10.7. The molecule has 0 aliphatic carbocycles. The van der Waals surface area contributed by atoms with Gasteiger partial charge in [-0.1, -0.05) is 54.6 Å². The molecule has 2 fully saturated rings. The largest absolute Gasteiger partial charge is 0.497 e. The van der Waals surface area contributed by atoms with Crippen molar-refractivity contribution in [2.24, 2.45) is 0 Å². The number of rotatable bonds is 9. The summed E-state index contributed by atoms with van der Waals surface area (Å²) in [5.41, 5.74) is -0.429. The third kappa shape index (κ3) is 4.53. The number of aryl methyl sites for hydroxylation is 1. The zero-order valence-electron chi connectivity index (χ0n) is 23.6. The normalized spacial score (nSPS) is 23.2. The number of aromatic amines is 1. The lowest BCUT2D eigenvalue weighted by Crippen LogP contribution is -2.50. The first-order valence-electron chi connectivity index (χ1n) is 13.7. The van der Waals surface area contributed by atoms with Gasteiger partial charge in [-0.3, -0.25) is 14.3 Å². The molecule has 42 heavy (non-hydrogen) atoms. The highest BCUT2D eigenvalue weighted by Crippen LogP contribution is 2.46. The standard InChI is InChI=1S/C32H33N3O7/c1-20-17-35(30(38)34-28(20)37)29-26-27(36)31(42-29,18-33-26)19-41-32(21-7-5-4-6-8-21,22-9-13-24(39-2)14-10-22)23-11-15-25(40-3)16-12-23/h4-17,26-27,29,33,36H,18-19H2,1-3H3,(H,34,37,38)/t26-,27+,29+,31-/m0/s1. The molecule has 2 saturated heterocycles. The van der Waals surface area contributed by atoms with Gasteiger partial charge in [0.05, 0.1) is 26.9 Å². The zero-order chi connectivity index (χ0) is 29.5.